The number of carbonyl (C=O) groups is 1. The SMILES string of the molecule is CSc1c(CC(=O)O)ccc2ccccc12. The van der Waals surface area contributed by atoms with Crippen molar-refractivity contribution in [3.63, 3.8) is 0 Å². The lowest BCUT2D eigenvalue weighted by Gasteiger charge is -2.09. The van der Waals surface area contributed by atoms with E-state index >= 15 is 0 Å². The molecule has 0 aliphatic rings. The first-order chi connectivity index (χ1) is 7.72. The molecule has 0 unspecified atom stereocenters. The Balaban J connectivity index is 2.63. The van der Waals surface area contributed by atoms with Crippen LogP contribution >= 0.6 is 11.8 Å². The third kappa shape index (κ3) is 2.04. The third-order valence-corrected chi connectivity index (χ3v) is 3.40. The molecule has 2 aromatic rings. The Morgan fingerprint density at radius 1 is 1.25 bits per heavy atom. The van der Waals surface area contributed by atoms with Crippen molar-refractivity contribution in [1.29, 1.82) is 0 Å². The lowest BCUT2D eigenvalue weighted by molar-refractivity contribution is -0.136. The van der Waals surface area contributed by atoms with Crippen molar-refractivity contribution >= 4 is 28.5 Å². The number of carboxylic acids is 1. The van der Waals surface area contributed by atoms with Gasteiger partial charge in [0.05, 0.1) is 6.42 Å². The summed E-state index contributed by atoms with van der Waals surface area (Å²) in [6, 6.07) is 11.9. The maximum Gasteiger partial charge on any atom is 0.307 e. The van der Waals surface area contributed by atoms with Crippen LogP contribution in [0.25, 0.3) is 10.8 Å². The molecule has 0 bridgehead atoms. The van der Waals surface area contributed by atoms with E-state index in [0.717, 1.165) is 21.2 Å². The molecule has 0 radical (unpaired) electrons. The van der Waals surface area contributed by atoms with Crippen LogP contribution in [0.1, 0.15) is 5.56 Å². The molecule has 0 aromatic heterocycles. The summed E-state index contributed by atoms with van der Waals surface area (Å²) in [6.07, 6.45) is 2.06. The van der Waals surface area contributed by atoms with Crippen LogP contribution in [0.4, 0.5) is 0 Å². The molecule has 2 rings (SSSR count). The van der Waals surface area contributed by atoms with Crippen molar-refractivity contribution in [3.8, 4) is 0 Å². The quantitative estimate of drug-likeness (QED) is 0.826. The maximum absolute atomic E-state index is 10.8. The lowest BCUT2D eigenvalue weighted by atomic mass is 10.0. The Morgan fingerprint density at radius 3 is 2.69 bits per heavy atom. The van der Waals surface area contributed by atoms with E-state index in [1.165, 1.54) is 0 Å². The summed E-state index contributed by atoms with van der Waals surface area (Å²) in [7, 11) is 0. The Bertz CT molecular complexity index is 534. The highest BCUT2D eigenvalue weighted by Gasteiger charge is 2.09. The van der Waals surface area contributed by atoms with Crippen LogP contribution in [0.3, 0.4) is 0 Å². The molecule has 0 aliphatic carbocycles. The van der Waals surface area contributed by atoms with E-state index in [-0.39, 0.29) is 6.42 Å². The number of hydrogen-bond donors (Lipinski definition) is 1. The van der Waals surface area contributed by atoms with Crippen molar-refractivity contribution in [1.82, 2.24) is 0 Å². The van der Waals surface area contributed by atoms with Crippen LogP contribution in [0, 0.1) is 0 Å². The van der Waals surface area contributed by atoms with Gasteiger partial charge in [0.15, 0.2) is 0 Å². The summed E-state index contributed by atoms with van der Waals surface area (Å²) in [5.41, 5.74) is 0.888. The second-order valence-corrected chi connectivity index (χ2v) is 4.37. The van der Waals surface area contributed by atoms with Crippen LogP contribution in [0.2, 0.25) is 0 Å². The van der Waals surface area contributed by atoms with Crippen LogP contribution in [-0.2, 0) is 11.2 Å². The Morgan fingerprint density at radius 2 is 2.00 bits per heavy atom. The molecule has 1 N–H and O–H groups in total. The second-order valence-electron chi connectivity index (χ2n) is 3.55. The van der Waals surface area contributed by atoms with Gasteiger partial charge in [-0.2, -0.15) is 0 Å². The molecule has 16 heavy (non-hydrogen) atoms. The topological polar surface area (TPSA) is 37.3 Å². The molecular formula is C13H12O2S. The van der Waals surface area contributed by atoms with E-state index in [9.17, 15) is 4.79 Å². The van der Waals surface area contributed by atoms with Gasteiger partial charge in [0.1, 0.15) is 0 Å². The van der Waals surface area contributed by atoms with E-state index < -0.39 is 5.97 Å². The minimum atomic E-state index is -0.786. The van der Waals surface area contributed by atoms with Gasteiger partial charge in [-0.25, -0.2) is 0 Å². The largest absolute Gasteiger partial charge is 0.481 e. The number of thioether (sulfide) groups is 1. The van der Waals surface area contributed by atoms with Crippen LogP contribution in [-0.4, -0.2) is 17.3 Å². The molecule has 0 aliphatic heterocycles. The molecule has 2 nitrogen and oxygen atoms in total. The van der Waals surface area contributed by atoms with Crippen molar-refractivity contribution in [2.24, 2.45) is 0 Å². The van der Waals surface area contributed by atoms with Crippen molar-refractivity contribution in [3.05, 3.63) is 42.0 Å². The van der Waals surface area contributed by atoms with Crippen molar-refractivity contribution in [2.75, 3.05) is 6.26 Å². The van der Waals surface area contributed by atoms with Crippen LogP contribution in [0.15, 0.2) is 41.3 Å². The first kappa shape index (κ1) is 11.0. The zero-order chi connectivity index (χ0) is 11.5. The fraction of sp³-hybridized carbons (Fsp3) is 0.154. The van der Waals surface area contributed by atoms with E-state index in [2.05, 4.69) is 0 Å². The molecule has 0 saturated heterocycles. The summed E-state index contributed by atoms with van der Waals surface area (Å²) in [5.74, 6) is -0.786. The monoisotopic (exact) mass is 232 g/mol. The fourth-order valence-electron chi connectivity index (χ4n) is 1.83. The van der Waals surface area contributed by atoms with Gasteiger partial charge in [-0.15, -0.1) is 11.8 Å². The molecule has 0 heterocycles. The van der Waals surface area contributed by atoms with Crippen molar-refractivity contribution < 1.29 is 9.90 Å². The molecule has 0 amide bonds. The Labute approximate surface area is 98.3 Å². The standard InChI is InChI=1S/C13H12O2S/c1-16-13-10(8-12(14)15)7-6-9-4-2-3-5-11(9)13/h2-7H,8H2,1H3,(H,14,15). The normalized spacial score (nSPS) is 10.6. The molecule has 0 fully saturated rings. The van der Waals surface area contributed by atoms with E-state index in [1.807, 2.05) is 42.7 Å². The fourth-order valence-corrected chi connectivity index (χ4v) is 2.64. The molecule has 82 valence electrons. The molecule has 3 heteroatoms. The molecule has 0 spiro atoms. The zero-order valence-corrected chi connectivity index (χ0v) is 9.75. The van der Waals surface area contributed by atoms with E-state index in [0.29, 0.717) is 0 Å². The third-order valence-electron chi connectivity index (χ3n) is 2.51. The number of hydrogen-bond acceptors (Lipinski definition) is 2. The van der Waals surface area contributed by atoms with E-state index in [4.69, 9.17) is 5.11 Å². The van der Waals surface area contributed by atoms with Gasteiger partial charge in [-0.3, -0.25) is 4.79 Å². The zero-order valence-electron chi connectivity index (χ0n) is 8.93. The summed E-state index contributed by atoms with van der Waals surface area (Å²) in [4.78, 5) is 11.8. The van der Waals surface area contributed by atoms with Gasteiger partial charge >= 0.3 is 5.97 Å². The smallest absolute Gasteiger partial charge is 0.307 e. The van der Waals surface area contributed by atoms with E-state index in [1.54, 1.807) is 11.8 Å². The van der Waals surface area contributed by atoms with Gasteiger partial charge in [0.2, 0.25) is 0 Å². The van der Waals surface area contributed by atoms with Crippen molar-refractivity contribution in [2.45, 2.75) is 11.3 Å². The molecule has 0 saturated carbocycles. The summed E-state index contributed by atoms with van der Waals surface area (Å²) >= 11 is 1.60. The van der Waals surface area contributed by atoms with Gasteiger partial charge in [-0.05, 0) is 22.6 Å². The number of fused-ring (bicyclic) bond motifs is 1. The van der Waals surface area contributed by atoms with Gasteiger partial charge in [0, 0.05) is 4.90 Å². The average Bonchev–Trinajstić information content (AvgIpc) is 2.28. The first-order valence-electron chi connectivity index (χ1n) is 4.99. The van der Waals surface area contributed by atoms with Gasteiger partial charge in [-0.1, -0.05) is 36.4 Å². The minimum absolute atomic E-state index is 0.0843. The van der Waals surface area contributed by atoms with Crippen LogP contribution in [0.5, 0.6) is 0 Å². The molecule has 2 aromatic carbocycles. The number of rotatable bonds is 3. The predicted molar refractivity (Wildman–Crippen MR) is 67.1 cm³/mol. The van der Waals surface area contributed by atoms with Crippen LogP contribution < -0.4 is 0 Å². The van der Waals surface area contributed by atoms with Gasteiger partial charge < -0.3 is 5.11 Å². The summed E-state index contributed by atoms with van der Waals surface area (Å²) < 4.78 is 0. The highest BCUT2D eigenvalue weighted by molar-refractivity contribution is 7.98. The highest BCUT2D eigenvalue weighted by atomic mass is 32.2. The van der Waals surface area contributed by atoms with Gasteiger partial charge in [0.25, 0.3) is 0 Å². The highest BCUT2D eigenvalue weighted by Crippen LogP contribution is 2.30. The number of aliphatic carboxylic acids is 1. The Kier molecular flexibility index (Phi) is 3.15. The average molecular weight is 232 g/mol. The minimum Gasteiger partial charge on any atom is -0.481 e. The number of benzene rings is 2. The summed E-state index contributed by atoms with van der Waals surface area (Å²) in [5, 5.41) is 11.1. The maximum atomic E-state index is 10.8. The Hall–Kier alpha value is -1.48. The lowest BCUT2D eigenvalue weighted by Crippen LogP contribution is -2.01. The predicted octanol–water partition coefficient (Wildman–Crippen LogP) is 3.19. The summed E-state index contributed by atoms with van der Waals surface area (Å²) in [6.45, 7) is 0. The first-order valence-corrected chi connectivity index (χ1v) is 6.21. The molecular weight excluding hydrogens is 220 g/mol. The number of carboxylic acid groups (broad SMARTS) is 1. The molecule has 0 atom stereocenters. The second kappa shape index (κ2) is 4.58.